The average molecular weight is 231 g/mol. The molecule has 0 fully saturated rings. The van der Waals surface area contributed by atoms with Crippen LogP contribution in [0.2, 0.25) is 0 Å². The van der Waals surface area contributed by atoms with E-state index < -0.39 is 0 Å². The summed E-state index contributed by atoms with van der Waals surface area (Å²) in [4.78, 5) is 4.39. The monoisotopic (exact) mass is 231 g/mol. The molecule has 2 nitrogen and oxygen atoms in total. The molecule has 1 aromatic heterocycles. The SMILES string of the molecule is CC(C)(C)c1ccc2ocnc2c1C(C)(C)C. The zero-order valence-corrected chi connectivity index (χ0v) is 11.6. The van der Waals surface area contributed by atoms with E-state index in [0.29, 0.717) is 0 Å². The van der Waals surface area contributed by atoms with Crippen LogP contribution in [-0.2, 0) is 10.8 Å². The Morgan fingerprint density at radius 3 is 2.12 bits per heavy atom. The van der Waals surface area contributed by atoms with Crippen molar-refractivity contribution in [3.63, 3.8) is 0 Å². The fourth-order valence-corrected chi connectivity index (χ4v) is 2.32. The fraction of sp³-hybridized carbons (Fsp3) is 0.533. The van der Waals surface area contributed by atoms with Crippen LogP contribution in [0.4, 0.5) is 0 Å². The van der Waals surface area contributed by atoms with Crippen LogP contribution >= 0.6 is 0 Å². The zero-order chi connectivity index (χ0) is 12.8. The topological polar surface area (TPSA) is 26.0 Å². The Bertz CT molecular complexity index is 538. The molecule has 1 heterocycles. The highest BCUT2D eigenvalue weighted by Crippen LogP contribution is 2.37. The van der Waals surface area contributed by atoms with E-state index in [1.807, 2.05) is 6.07 Å². The van der Waals surface area contributed by atoms with E-state index in [9.17, 15) is 0 Å². The standard InChI is InChI=1S/C15H21NO/c1-14(2,3)10-7-8-11-13(16-9-17-11)12(10)15(4,5)6/h7-9H,1-6H3. The molecule has 0 amide bonds. The highest BCUT2D eigenvalue weighted by Gasteiger charge is 2.28. The van der Waals surface area contributed by atoms with Crippen molar-refractivity contribution in [2.75, 3.05) is 0 Å². The molecule has 0 atom stereocenters. The molecule has 0 aliphatic rings. The largest absolute Gasteiger partial charge is 0.443 e. The van der Waals surface area contributed by atoms with Gasteiger partial charge in [-0.2, -0.15) is 0 Å². The van der Waals surface area contributed by atoms with Crippen LogP contribution in [0.25, 0.3) is 11.1 Å². The van der Waals surface area contributed by atoms with Crippen LogP contribution in [-0.4, -0.2) is 4.98 Å². The first kappa shape index (κ1) is 12.2. The maximum atomic E-state index is 5.41. The Kier molecular flexibility index (Phi) is 2.57. The molecule has 0 unspecified atom stereocenters. The van der Waals surface area contributed by atoms with Gasteiger partial charge in [0.15, 0.2) is 12.0 Å². The van der Waals surface area contributed by atoms with E-state index in [0.717, 1.165) is 11.1 Å². The number of fused-ring (bicyclic) bond motifs is 1. The minimum Gasteiger partial charge on any atom is -0.443 e. The summed E-state index contributed by atoms with van der Waals surface area (Å²) < 4.78 is 5.41. The quantitative estimate of drug-likeness (QED) is 0.670. The number of hydrogen-bond donors (Lipinski definition) is 0. The lowest BCUT2D eigenvalue weighted by molar-refractivity contribution is 0.533. The fourth-order valence-electron chi connectivity index (χ4n) is 2.32. The number of oxazole rings is 1. The molecule has 2 heteroatoms. The first-order valence-corrected chi connectivity index (χ1v) is 6.08. The highest BCUT2D eigenvalue weighted by atomic mass is 16.3. The van der Waals surface area contributed by atoms with Crippen molar-refractivity contribution in [3.8, 4) is 0 Å². The zero-order valence-electron chi connectivity index (χ0n) is 11.6. The van der Waals surface area contributed by atoms with Gasteiger partial charge in [-0.15, -0.1) is 0 Å². The number of rotatable bonds is 0. The van der Waals surface area contributed by atoms with Crippen molar-refractivity contribution in [3.05, 3.63) is 29.7 Å². The van der Waals surface area contributed by atoms with Gasteiger partial charge in [0.05, 0.1) is 0 Å². The van der Waals surface area contributed by atoms with Crippen molar-refractivity contribution >= 4 is 11.1 Å². The molecule has 0 saturated heterocycles. The van der Waals surface area contributed by atoms with Crippen molar-refractivity contribution < 1.29 is 4.42 Å². The number of benzene rings is 1. The van der Waals surface area contributed by atoms with Gasteiger partial charge in [-0.1, -0.05) is 47.6 Å². The number of hydrogen-bond acceptors (Lipinski definition) is 2. The molecule has 2 rings (SSSR count). The third-order valence-corrected chi connectivity index (χ3v) is 3.06. The Labute approximate surface area is 103 Å². The molecule has 0 bridgehead atoms. The van der Waals surface area contributed by atoms with Gasteiger partial charge in [0.2, 0.25) is 0 Å². The maximum Gasteiger partial charge on any atom is 0.181 e. The minimum atomic E-state index is 0.0684. The minimum absolute atomic E-state index is 0.0684. The predicted molar refractivity (Wildman–Crippen MR) is 71.4 cm³/mol. The van der Waals surface area contributed by atoms with Crippen LogP contribution in [0.5, 0.6) is 0 Å². The van der Waals surface area contributed by atoms with Gasteiger partial charge in [-0.3, -0.25) is 0 Å². The second-order valence-corrected chi connectivity index (χ2v) is 6.69. The molecule has 0 saturated carbocycles. The molecule has 17 heavy (non-hydrogen) atoms. The van der Waals surface area contributed by atoms with Crippen LogP contribution < -0.4 is 0 Å². The molecular formula is C15H21NO. The Morgan fingerprint density at radius 1 is 0.941 bits per heavy atom. The second-order valence-electron chi connectivity index (χ2n) is 6.69. The first-order chi connectivity index (χ1) is 7.71. The van der Waals surface area contributed by atoms with Gasteiger partial charge in [0.1, 0.15) is 5.52 Å². The average Bonchev–Trinajstić information content (AvgIpc) is 2.59. The maximum absolute atomic E-state index is 5.41. The molecule has 0 N–H and O–H groups in total. The predicted octanol–water partition coefficient (Wildman–Crippen LogP) is 4.42. The van der Waals surface area contributed by atoms with Gasteiger partial charge in [0.25, 0.3) is 0 Å². The molecular weight excluding hydrogens is 210 g/mol. The molecule has 1 aromatic carbocycles. The summed E-state index contributed by atoms with van der Waals surface area (Å²) >= 11 is 0. The molecule has 0 aliphatic carbocycles. The molecule has 0 spiro atoms. The van der Waals surface area contributed by atoms with Gasteiger partial charge >= 0.3 is 0 Å². The van der Waals surface area contributed by atoms with Crippen LogP contribution in [0, 0.1) is 0 Å². The van der Waals surface area contributed by atoms with Crippen LogP contribution in [0.15, 0.2) is 22.9 Å². The molecule has 92 valence electrons. The first-order valence-electron chi connectivity index (χ1n) is 6.08. The summed E-state index contributed by atoms with van der Waals surface area (Å²) in [5.41, 5.74) is 4.73. The Hall–Kier alpha value is -1.31. The van der Waals surface area contributed by atoms with E-state index in [2.05, 4.69) is 52.6 Å². The van der Waals surface area contributed by atoms with E-state index >= 15 is 0 Å². The Morgan fingerprint density at radius 2 is 1.59 bits per heavy atom. The third kappa shape index (κ3) is 2.08. The molecule has 0 aliphatic heterocycles. The molecule has 0 radical (unpaired) electrons. The number of nitrogens with zero attached hydrogens (tertiary/aromatic N) is 1. The lowest BCUT2D eigenvalue weighted by atomic mass is 9.75. The summed E-state index contributed by atoms with van der Waals surface area (Å²) in [5.74, 6) is 0. The van der Waals surface area contributed by atoms with Crippen molar-refractivity contribution in [1.82, 2.24) is 4.98 Å². The summed E-state index contributed by atoms with van der Waals surface area (Å²) in [5, 5.41) is 0. The summed E-state index contributed by atoms with van der Waals surface area (Å²) in [6, 6.07) is 4.20. The summed E-state index contributed by atoms with van der Waals surface area (Å²) in [7, 11) is 0. The van der Waals surface area contributed by atoms with Gasteiger partial charge < -0.3 is 4.42 Å². The summed E-state index contributed by atoms with van der Waals surface area (Å²) in [6.45, 7) is 13.4. The normalized spacial score (nSPS) is 13.3. The van der Waals surface area contributed by atoms with Gasteiger partial charge in [-0.05, 0) is 28.0 Å². The van der Waals surface area contributed by atoms with Crippen molar-refractivity contribution in [2.45, 2.75) is 52.4 Å². The third-order valence-electron chi connectivity index (χ3n) is 3.06. The van der Waals surface area contributed by atoms with E-state index in [1.165, 1.54) is 17.5 Å². The van der Waals surface area contributed by atoms with E-state index in [1.54, 1.807) is 0 Å². The van der Waals surface area contributed by atoms with Crippen LogP contribution in [0.3, 0.4) is 0 Å². The highest BCUT2D eigenvalue weighted by molar-refractivity contribution is 5.79. The number of aromatic nitrogens is 1. The van der Waals surface area contributed by atoms with E-state index in [4.69, 9.17) is 4.42 Å². The molecule has 2 aromatic rings. The second kappa shape index (κ2) is 3.59. The Balaban J connectivity index is 2.85. The lowest BCUT2D eigenvalue weighted by Crippen LogP contribution is -2.22. The summed E-state index contributed by atoms with van der Waals surface area (Å²) in [6.07, 6.45) is 1.53. The lowest BCUT2D eigenvalue weighted by Gasteiger charge is -2.29. The smallest absolute Gasteiger partial charge is 0.181 e. The van der Waals surface area contributed by atoms with Crippen molar-refractivity contribution in [1.29, 1.82) is 0 Å². The van der Waals surface area contributed by atoms with Gasteiger partial charge in [0, 0.05) is 0 Å². The van der Waals surface area contributed by atoms with Gasteiger partial charge in [-0.25, -0.2) is 4.98 Å². The van der Waals surface area contributed by atoms with E-state index in [-0.39, 0.29) is 10.8 Å². The van der Waals surface area contributed by atoms with Crippen molar-refractivity contribution in [2.24, 2.45) is 0 Å². The van der Waals surface area contributed by atoms with Crippen LogP contribution in [0.1, 0.15) is 52.7 Å².